The summed E-state index contributed by atoms with van der Waals surface area (Å²) in [7, 11) is 2.09. The molecule has 16 heavy (non-hydrogen) atoms. The van der Waals surface area contributed by atoms with Crippen molar-refractivity contribution in [2.24, 2.45) is 0 Å². The van der Waals surface area contributed by atoms with Gasteiger partial charge in [-0.3, -0.25) is 10.1 Å². The standard InChI is InChI=1S/C12H24N2O2/c1-5-16-11(15)12(13-10(2)3)6-8-14(4)9-7-12/h10,13H,5-9H2,1-4H3. The van der Waals surface area contributed by atoms with Crippen LogP contribution in [-0.2, 0) is 9.53 Å². The third kappa shape index (κ3) is 3.19. The number of hydrogen-bond donors (Lipinski definition) is 1. The molecule has 1 aliphatic rings. The van der Waals surface area contributed by atoms with Crippen LogP contribution in [0.2, 0.25) is 0 Å². The number of hydrogen-bond acceptors (Lipinski definition) is 4. The van der Waals surface area contributed by atoms with Gasteiger partial charge in [0.2, 0.25) is 0 Å². The van der Waals surface area contributed by atoms with Crippen molar-refractivity contribution >= 4 is 5.97 Å². The molecule has 0 saturated carbocycles. The van der Waals surface area contributed by atoms with Crippen LogP contribution < -0.4 is 5.32 Å². The average molecular weight is 228 g/mol. The van der Waals surface area contributed by atoms with Crippen molar-refractivity contribution in [3.63, 3.8) is 0 Å². The number of nitrogens with zero attached hydrogens (tertiary/aromatic N) is 1. The van der Waals surface area contributed by atoms with Crippen molar-refractivity contribution in [2.45, 2.75) is 45.2 Å². The van der Waals surface area contributed by atoms with Crippen molar-refractivity contribution in [3.05, 3.63) is 0 Å². The third-order valence-electron chi connectivity index (χ3n) is 3.07. The minimum absolute atomic E-state index is 0.0863. The molecule has 0 spiro atoms. The maximum atomic E-state index is 12.1. The molecule has 0 aromatic heterocycles. The lowest BCUT2D eigenvalue weighted by Gasteiger charge is -2.40. The molecule has 1 saturated heterocycles. The monoisotopic (exact) mass is 228 g/mol. The maximum absolute atomic E-state index is 12.1. The lowest BCUT2D eigenvalue weighted by atomic mass is 9.87. The molecule has 1 fully saturated rings. The summed E-state index contributed by atoms with van der Waals surface area (Å²) >= 11 is 0. The molecule has 4 heteroatoms. The molecule has 0 atom stereocenters. The zero-order valence-corrected chi connectivity index (χ0v) is 10.9. The van der Waals surface area contributed by atoms with E-state index in [9.17, 15) is 4.79 Å². The molecule has 0 aliphatic carbocycles. The number of nitrogens with one attached hydrogen (secondary N) is 1. The normalized spacial score (nSPS) is 21.1. The van der Waals surface area contributed by atoms with E-state index in [0.29, 0.717) is 12.6 Å². The Bertz CT molecular complexity index is 233. The Labute approximate surface area is 98.3 Å². The van der Waals surface area contributed by atoms with Gasteiger partial charge >= 0.3 is 5.97 Å². The Morgan fingerprint density at radius 3 is 2.44 bits per heavy atom. The summed E-state index contributed by atoms with van der Waals surface area (Å²) in [4.78, 5) is 14.3. The largest absolute Gasteiger partial charge is 0.465 e. The van der Waals surface area contributed by atoms with Gasteiger partial charge in [-0.15, -0.1) is 0 Å². The highest BCUT2D eigenvalue weighted by molar-refractivity contribution is 5.81. The Morgan fingerprint density at radius 2 is 2.00 bits per heavy atom. The Hall–Kier alpha value is -0.610. The molecule has 94 valence electrons. The van der Waals surface area contributed by atoms with Gasteiger partial charge in [0, 0.05) is 19.1 Å². The Balaban J connectivity index is 2.72. The van der Waals surface area contributed by atoms with Gasteiger partial charge < -0.3 is 9.64 Å². The smallest absolute Gasteiger partial charge is 0.326 e. The van der Waals surface area contributed by atoms with Crippen molar-refractivity contribution < 1.29 is 9.53 Å². The Kier molecular flexibility index (Phi) is 4.74. The second-order valence-corrected chi connectivity index (χ2v) is 4.90. The van der Waals surface area contributed by atoms with Crippen LogP contribution in [0.3, 0.4) is 0 Å². The number of likely N-dealkylation sites (tertiary alicyclic amines) is 1. The second-order valence-electron chi connectivity index (χ2n) is 4.90. The summed E-state index contributed by atoms with van der Waals surface area (Å²) in [5.74, 6) is -0.0863. The van der Waals surface area contributed by atoms with Gasteiger partial charge in [0.25, 0.3) is 0 Å². The second kappa shape index (κ2) is 5.64. The van der Waals surface area contributed by atoms with Crippen molar-refractivity contribution in [1.82, 2.24) is 10.2 Å². The molecule has 0 amide bonds. The van der Waals surface area contributed by atoms with Crippen LogP contribution in [0.5, 0.6) is 0 Å². The third-order valence-corrected chi connectivity index (χ3v) is 3.07. The first-order valence-corrected chi connectivity index (χ1v) is 6.13. The first-order chi connectivity index (χ1) is 7.50. The fourth-order valence-corrected chi connectivity index (χ4v) is 2.23. The number of carbonyl (C=O) groups excluding carboxylic acids is 1. The lowest BCUT2D eigenvalue weighted by Crippen LogP contribution is -2.60. The lowest BCUT2D eigenvalue weighted by molar-refractivity contribution is -0.153. The van der Waals surface area contributed by atoms with E-state index in [0.717, 1.165) is 25.9 Å². The highest BCUT2D eigenvalue weighted by Gasteiger charge is 2.42. The molecule has 1 N–H and O–H groups in total. The molecule has 1 aliphatic heterocycles. The van der Waals surface area contributed by atoms with Crippen molar-refractivity contribution in [1.29, 1.82) is 0 Å². The highest BCUT2D eigenvalue weighted by Crippen LogP contribution is 2.24. The number of carbonyl (C=O) groups is 1. The number of piperidine rings is 1. The molecule has 0 aromatic carbocycles. The molecule has 1 heterocycles. The molecule has 4 nitrogen and oxygen atoms in total. The van der Waals surface area contributed by atoms with E-state index >= 15 is 0 Å². The van der Waals surface area contributed by atoms with Crippen LogP contribution in [-0.4, -0.2) is 49.2 Å². The summed E-state index contributed by atoms with van der Waals surface area (Å²) in [5, 5.41) is 3.40. The maximum Gasteiger partial charge on any atom is 0.326 e. The van der Waals surface area contributed by atoms with Crippen molar-refractivity contribution in [3.8, 4) is 0 Å². The van der Waals surface area contributed by atoms with Gasteiger partial charge in [0.15, 0.2) is 0 Å². The molecule has 0 radical (unpaired) electrons. The van der Waals surface area contributed by atoms with E-state index in [1.807, 2.05) is 6.92 Å². The molecular weight excluding hydrogens is 204 g/mol. The van der Waals surface area contributed by atoms with Crippen LogP contribution in [0.25, 0.3) is 0 Å². The number of rotatable bonds is 4. The van der Waals surface area contributed by atoms with Crippen LogP contribution in [0.4, 0.5) is 0 Å². The van der Waals surface area contributed by atoms with Crippen LogP contribution in [0, 0.1) is 0 Å². The van der Waals surface area contributed by atoms with Crippen LogP contribution in [0.15, 0.2) is 0 Å². The van der Waals surface area contributed by atoms with Gasteiger partial charge in [-0.05, 0) is 40.7 Å². The van der Waals surface area contributed by atoms with E-state index in [1.54, 1.807) is 0 Å². The SMILES string of the molecule is CCOC(=O)C1(NC(C)C)CCN(C)CC1. The van der Waals surface area contributed by atoms with E-state index in [-0.39, 0.29) is 5.97 Å². The first-order valence-electron chi connectivity index (χ1n) is 6.13. The quantitative estimate of drug-likeness (QED) is 0.729. The Morgan fingerprint density at radius 1 is 1.44 bits per heavy atom. The van der Waals surface area contributed by atoms with E-state index in [2.05, 4.69) is 31.1 Å². The van der Waals surface area contributed by atoms with Gasteiger partial charge in [-0.25, -0.2) is 0 Å². The summed E-state index contributed by atoms with van der Waals surface area (Å²) in [6, 6.07) is 0.299. The zero-order chi connectivity index (χ0) is 12.2. The fraction of sp³-hybridized carbons (Fsp3) is 0.917. The van der Waals surface area contributed by atoms with Gasteiger partial charge in [0.05, 0.1) is 6.61 Å². The molecule has 0 aromatic rings. The summed E-state index contributed by atoms with van der Waals surface area (Å²) in [6.07, 6.45) is 1.67. The number of ether oxygens (including phenoxy) is 1. The molecule has 1 rings (SSSR count). The van der Waals surface area contributed by atoms with Crippen LogP contribution >= 0.6 is 0 Å². The summed E-state index contributed by atoms with van der Waals surface area (Å²) in [5.41, 5.74) is -0.462. The fourth-order valence-electron chi connectivity index (χ4n) is 2.23. The number of esters is 1. The summed E-state index contributed by atoms with van der Waals surface area (Å²) < 4.78 is 5.20. The topological polar surface area (TPSA) is 41.6 Å². The molecule has 0 bridgehead atoms. The molecule has 0 unspecified atom stereocenters. The van der Waals surface area contributed by atoms with E-state index in [1.165, 1.54) is 0 Å². The van der Waals surface area contributed by atoms with E-state index < -0.39 is 5.54 Å². The van der Waals surface area contributed by atoms with Crippen LogP contribution in [0.1, 0.15) is 33.6 Å². The van der Waals surface area contributed by atoms with Gasteiger partial charge in [-0.2, -0.15) is 0 Å². The predicted molar refractivity (Wildman–Crippen MR) is 64.4 cm³/mol. The van der Waals surface area contributed by atoms with Crippen molar-refractivity contribution in [2.75, 3.05) is 26.7 Å². The minimum atomic E-state index is -0.462. The summed E-state index contributed by atoms with van der Waals surface area (Å²) in [6.45, 7) is 8.34. The van der Waals surface area contributed by atoms with Gasteiger partial charge in [-0.1, -0.05) is 0 Å². The first kappa shape index (κ1) is 13.5. The van der Waals surface area contributed by atoms with E-state index in [4.69, 9.17) is 4.74 Å². The van der Waals surface area contributed by atoms with Gasteiger partial charge in [0.1, 0.15) is 5.54 Å². The minimum Gasteiger partial charge on any atom is -0.465 e. The molecular formula is C12H24N2O2. The average Bonchev–Trinajstić information content (AvgIpc) is 2.21. The zero-order valence-electron chi connectivity index (χ0n) is 10.9. The highest BCUT2D eigenvalue weighted by atomic mass is 16.5. The predicted octanol–water partition coefficient (Wildman–Crippen LogP) is 1.01.